The van der Waals surface area contributed by atoms with Crippen molar-refractivity contribution in [2.45, 2.75) is 4.90 Å². The van der Waals surface area contributed by atoms with Crippen molar-refractivity contribution in [2.24, 2.45) is 0 Å². The lowest BCUT2D eigenvalue weighted by molar-refractivity contribution is 0.102. The van der Waals surface area contributed by atoms with Gasteiger partial charge in [0.2, 0.25) is 0 Å². The number of rotatable bonds is 4. The number of carbonyl (C=O) groups is 1. The van der Waals surface area contributed by atoms with E-state index < -0.39 is 27.2 Å². The Labute approximate surface area is 120 Å². The third-order valence-corrected chi connectivity index (χ3v) is 4.51. The van der Waals surface area contributed by atoms with E-state index in [4.69, 9.17) is 11.6 Å². The molecule has 0 fully saturated rings. The second-order valence-corrected chi connectivity index (χ2v) is 6.57. The summed E-state index contributed by atoms with van der Waals surface area (Å²) in [5, 5.41) is 0.357. The Hall–Kier alpha value is -1.72. The van der Waals surface area contributed by atoms with Crippen molar-refractivity contribution in [3.63, 3.8) is 0 Å². The first-order valence-electron chi connectivity index (χ1n) is 5.65. The number of sulfone groups is 1. The Balaban J connectivity index is 2.24. The lowest BCUT2D eigenvalue weighted by Gasteiger charge is -2.04. The molecule has 0 unspecified atom stereocenters. The van der Waals surface area contributed by atoms with Gasteiger partial charge in [-0.25, -0.2) is 12.8 Å². The van der Waals surface area contributed by atoms with Gasteiger partial charge in [0.15, 0.2) is 15.6 Å². The van der Waals surface area contributed by atoms with Crippen molar-refractivity contribution in [3.05, 3.63) is 64.9 Å². The molecular formula is C14H10ClFO3S. The van der Waals surface area contributed by atoms with Crippen LogP contribution in [0.15, 0.2) is 53.4 Å². The second kappa shape index (κ2) is 5.73. The molecule has 2 aromatic carbocycles. The molecule has 0 aromatic heterocycles. The van der Waals surface area contributed by atoms with E-state index in [1.165, 1.54) is 12.1 Å². The first-order valence-corrected chi connectivity index (χ1v) is 7.68. The molecule has 0 N–H and O–H groups in total. The normalized spacial score (nSPS) is 11.3. The molecular weight excluding hydrogens is 303 g/mol. The third-order valence-electron chi connectivity index (χ3n) is 2.64. The molecule has 0 saturated carbocycles. The molecule has 0 aliphatic rings. The highest BCUT2D eigenvalue weighted by molar-refractivity contribution is 7.92. The molecule has 0 saturated heterocycles. The maximum Gasteiger partial charge on any atom is 0.185 e. The van der Waals surface area contributed by atoms with Gasteiger partial charge in [0, 0.05) is 10.6 Å². The lowest BCUT2D eigenvalue weighted by atomic mass is 10.1. The Kier molecular flexibility index (Phi) is 4.20. The van der Waals surface area contributed by atoms with Crippen molar-refractivity contribution in [3.8, 4) is 0 Å². The smallest absolute Gasteiger partial charge is 0.185 e. The summed E-state index contributed by atoms with van der Waals surface area (Å²) in [6.45, 7) is 0. The number of hydrogen-bond acceptors (Lipinski definition) is 3. The average Bonchev–Trinajstić information content (AvgIpc) is 2.38. The zero-order valence-electron chi connectivity index (χ0n) is 10.2. The highest BCUT2D eigenvalue weighted by atomic mass is 35.5. The van der Waals surface area contributed by atoms with Crippen LogP contribution in [-0.2, 0) is 9.84 Å². The minimum absolute atomic E-state index is 0.0886. The molecule has 0 amide bonds. The number of halogens is 2. The van der Waals surface area contributed by atoms with Gasteiger partial charge in [0.25, 0.3) is 0 Å². The average molecular weight is 313 g/mol. The predicted octanol–water partition coefficient (Wildman–Crippen LogP) is 3.14. The van der Waals surface area contributed by atoms with Gasteiger partial charge in [0.05, 0.1) is 4.90 Å². The van der Waals surface area contributed by atoms with Gasteiger partial charge in [-0.05, 0) is 36.4 Å². The van der Waals surface area contributed by atoms with Gasteiger partial charge in [0.1, 0.15) is 11.6 Å². The first-order chi connectivity index (χ1) is 9.38. The van der Waals surface area contributed by atoms with Crippen molar-refractivity contribution < 1.29 is 17.6 Å². The summed E-state index contributed by atoms with van der Waals surface area (Å²) in [5.74, 6) is -1.78. The van der Waals surface area contributed by atoms with Gasteiger partial charge >= 0.3 is 0 Å². The Morgan fingerprint density at radius 1 is 1.10 bits per heavy atom. The number of benzene rings is 2. The largest absolute Gasteiger partial charge is 0.293 e. The summed E-state index contributed by atoms with van der Waals surface area (Å²) < 4.78 is 36.8. The van der Waals surface area contributed by atoms with Crippen LogP contribution in [0.3, 0.4) is 0 Å². The minimum Gasteiger partial charge on any atom is -0.293 e. The van der Waals surface area contributed by atoms with E-state index in [2.05, 4.69) is 0 Å². The molecule has 0 bridgehead atoms. The Morgan fingerprint density at radius 3 is 2.35 bits per heavy atom. The minimum atomic E-state index is -3.80. The maximum absolute atomic E-state index is 12.8. The highest BCUT2D eigenvalue weighted by Crippen LogP contribution is 2.16. The maximum atomic E-state index is 12.8. The van der Waals surface area contributed by atoms with Crippen LogP contribution >= 0.6 is 11.6 Å². The monoisotopic (exact) mass is 312 g/mol. The van der Waals surface area contributed by atoms with Crippen LogP contribution < -0.4 is 0 Å². The van der Waals surface area contributed by atoms with Crippen LogP contribution in [0.5, 0.6) is 0 Å². The van der Waals surface area contributed by atoms with Crippen molar-refractivity contribution in [2.75, 3.05) is 5.75 Å². The van der Waals surface area contributed by atoms with Crippen LogP contribution in [0.4, 0.5) is 4.39 Å². The van der Waals surface area contributed by atoms with Gasteiger partial charge < -0.3 is 0 Å². The number of Topliss-reactive ketones (excluding diaryl/α,β-unsaturated/α-hetero) is 1. The number of carbonyl (C=O) groups excluding carboxylic acids is 1. The summed E-state index contributed by atoms with van der Waals surface area (Å²) in [4.78, 5) is 11.9. The highest BCUT2D eigenvalue weighted by Gasteiger charge is 2.20. The predicted molar refractivity (Wildman–Crippen MR) is 74.2 cm³/mol. The third kappa shape index (κ3) is 3.43. The van der Waals surface area contributed by atoms with Gasteiger partial charge in [-0.2, -0.15) is 0 Å². The SMILES string of the molecule is O=C(CS(=O)(=O)c1ccc(F)cc1)c1cccc(Cl)c1. The van der Waals surface area contributed by atoms with Crippen LogP contribution in [0.2, 0.25) is 5.02 Å². The topological polar surface area (TPSA) is 51.2 Å². The zero-order chi connectivity index (χ0) is 14.8. The summed E-state index contributed by atoms with van der Waals surface area (Å²) in [6.07, 6.45) is 0. The zero-order valence-corrected chi connectivity index (χ0v) is 11.8. The van der Waals surface area contributed by atoms with E-state index in [9.17, 15) is 17.6 Å². The van der Waals surface area contributed by atoms with Crippen LogP contribution in [0, 0.1) is 5.82 Å². The van der Waals surface area contributed by atoms with E-state index in [0.29, 0.717) is 5.02 Å². The van der Waals surface area contributed by atoms with Crippen LogP contribution in [-0.4, -0.2) is 20.0 Å². The fourth-order valence-corrected chi connectivity index (χ4v) is 3.06. The molecule has 0 heterocycles. The van der Waals surface area contributed by atoms with Gasteiger partial charge in [-0.15, -0.1) is 0 Å². The van der Waals surface area contributed by atoms with E-state index >= 15 is 0 Å². The Morgan fingerprint density at radius 2 is 1.75 bits per heavy atom. The standard InChI is InChI=1S/C14H10ClFO3S/c15-11-3-1-2-10(8-11)14(17)9-20(18,19)13-6-4-12(16)5-7-13/h1-8H,9H2. The van der Waals surface area contributed by atoms with E-state index in [1.807, 2.05) is 0 Å². The molecule has 0 aliphatic carbocycles. The number of ketones is 1. The molecule has 2 rings (SSSR count). The molecule has 104 valence electrons. The van der Waals surface area contributed by atoms with Crippen molar-refractivity contribution in [1.82, 2.24) is 0 Å². The molecule has 0 radical (unpaired) electrons. The second-order valence-electron chi connectivity index (χ2n) is 4.15. The summed E-state index contributed by atoms with van der Waals surface area (Å²) in [6, 6.07) is 10.4. The van der Waals surface area contributed by atoms with Crippen LogP contribution in [0.1, 0.15) is 10.4 Å². The van der Waals surface area contributed by atoms with E-state index in [-0.39, 0.29) is 10.5 Å². The molecule has 2 aromatic rings. The van der Waals surface area contributed by atoms with Gasteiger partial charge in [-0.3, -0.25) is 4.79 Å². The Bertz CT molecular complexity index is 739. The lowest BCUT2D eigenvalue weighted by Crippen LogP contribution is -2.16. The first kappa shape index (κ1) is 14.7. The molecule has 6 heteroatoms. The molecule has 0 atom stereocenters. The molecule has 0 spiro atoms. The van der Waals surface area contributed by atoms with E-state index in [0.717, 1.165) is 24.3 Å². The van der Waals surface area contributed by atoms with E-state index in [1.54, 1.807) is 12.1 Å². The fraction of sp³-hybridized carbons (Fsp3) is 0.0714. The van der Waals surface area contributed by atoms with Crippen LogP contribution in [0.25, 0.3) is 0 Å². The number of hydrogen-bond donors (Lipinski definition) is 0. The molecule has 20 heavy (non-hydrogen) atoms. The summed E-state index contributed by atoms with van der Waals surface area (Å²) in [5.41, 5.74) is 0.225. The fourth-order valence-electron chi connectivity index (χ4n) is 1.64. The summed E-state index contributed by atoms with van der Waals surface area (Å²) >= 11 is 5.75. The van der Waals surface area contributed by atoms with Crippen molar-refractivity contribution >= 4 is 27.2 Å². The molecule has 0 aliphatic heterocycles. The van der Waals surface area contributed by atoms with Gasteiger partial charge in [-0.1, -0.05) is 23.7 Å². The quantitative estimate of drug-likeness (QED) is 0.644. The van der Waals surface area contributed by atoms with Crippen molar-refractivity contribution in [1.29, 1.82) is 0 Å². The summed E-state index contributed by atoms with van der Waals surface area (Å²) in [7, 11) is -3.80. The molecule has 3 nitrogen and oxygen atoms in total.